The molecule has 0 aliphatic heterocycles. The molecule has 2 heterocycles. The van der Waals surface area contributed by atoms with Crippen molar-refractivity contribution in [1.82, 2.24) is 9.55 Å². The van der Waals surface area contributed by atoms with Crippen molar-refractivity contribution in [2.24, 2.45) is 0 Å². The minimum atomic E-state index is -0.250. The van der Waals surface area contributed by atoms with Gasteiger partial charge in [-0.15, -0.1) is 11.3 Å². The summed E-state index contributed by atoms with van der Waals surface area (Å²) in [6.45, 7) is 4.84. The van der Waals surface area contributed by atoms with Gasteiger partial charge in [0, 0.05) is 12.2 Å². The fourth-order valence-corrected chi connectivity index (χ4v) is 4.45. The van der Waals surface area contributed by atoms with E-state index in [9.17, 15) is 9.59 Å². The second-order valence-corrected chi connectivity index (χ2v) is 8.13. The van der Waals surface area contributed by atoms with Crippen molar-refractivity contribution in [3.05, 3.63) is 87.3 Å². The summed E-state index contributed by atoms with van der Waals surface area (Å²) in [5.41, 5.74) is 2.37. The molecule has 0 saturated carbocycles. The zero-order valence-corrected chi connectivity index (χ0v) is 18.2. The van der Waals surface area contributed by atoms with Crippen LogP contribution in [-0.2, 0) is 13.0 Å². The Balaban J connectivity index is 1.56. The number of nitrogens with zero attached hydrogens (tertiary/aromatic N) is 2. The number of ether oxygens (including phenoxy) is 1. The number of anilines is 1. The summed E-state index contributed by atoms with van der Waals surface area (Å²) in [6.07, 6.45) is 2.31. The zero-order chi connectivity index (χ0) is 21.8. The van der Waals surface area contributed by atoms with E-state index in [1.807, 2.05) is 49.4 Å². The molecule has 0 saturated heterocycles. The van der Waals surface area contributed by atoms with Gasteiger partial charge in [0.2, 0.25) is 0 Å². The fourth-order valence-electron chi connectivity index (χ4n) is 3.42. The van der Waals surface area contributed by atoms with Gasteiger partial charge < -0.3 is 10.1 Å². The minimum Gasteiger partial charge on any atom is -0.494 e. The summed E-state index contributed by atoms with van der Waals surface area (Å²) < 4.78 is 7.04. The maximum atomic E-state index is 13.0. The Bertz CT molecular complexity index is 1260. The Morgan fingerprint density at radius 2 is 1.87 bits per heavy atom. The van der Waals surface area contributed by atoms with Crippen LogP contribution in [0.15, 0.2) is 65.7 Å². The van der Waals surface area contributed by atoms with Gasteiger partial charge in [-0.3, -0.25) is 14.2 Å². The molecule has 7 heteroatoms. The first-order chi connectivity index (χ1) is 15.1. The van der Waals surface area contributed by atoms with E-state index in [0.29, 0.717) is 39.5 Å². The summed E-state index contributed by atoms with van der Waals surface area (Å²) in [7, 11) is 0. The number of amides is 1. The van der Waals surface area contributed by atoms with E-state index in [4.69, 9.17) is 4.74 Å². The van der Waals surface area contributed by atoms with Crippen LogP contribution in [0.2, 0.25) is 0 Å². The Kier molecular flexibility index (Phi) is 6.13. The van der Waals surface area contributed by atoms with Crippen LogP contribution >= 0.6 is 11.3 Å². The fraction of sp³-hybridized carbons (Fsp3) is 0.208. The summed E-state index contributed by atoms with van der Waals surface area (Å²) in [4.78, 5) is 31.4. The minimum absolute atomic E-state index is 0.116. The van der Waals surface area contributed by atoms with Crippen molar-refractivity contribution in [2.75, 3.05) is 11.9 Å². The van der Waals surface area contributed by atoms with Crippen LogP contribution in [0.3, 0.4) is 0 Å². The number of nitrogens with one attached hydrogen (secondary N) is 1. The van der Waals surface area contributed by atoms with Gasteiger partial charge in [0.15, 0.2) is 0 Å². The highest BCUT2D eigenvalue weighted by Crippen LogP contribution is 2.28. The first-order valence-electron chi connectivity index (χ1n) is 10.1. The van der Waals surface area contributed by atoms with Crippen LogP contribution in [0.1, 0.15) is 27.7 Å². The van der Waals surface area contributed by atoms with E-state index in [2.05, 4.69) is 10.3 Å². The number of carbonyl (C=O) groups excluding carboxylic acids is 1. The second kappa shape index (κ2) is 9.14. The van der Waals surface area contributed by atoms with Crippen LogP contribution in [0.5, 0.6) is 5.75 Å². The SMILES string of the molecule is CCOc1ccc(NC(=O)c2sc3ncn(CCc4ccccc4)c(=O)c3c2C)cc1. The molecule has 1 N–H and O–H groups in total. The number of aromatic nitrogens is 2. The first kappa shape index (κ1) is 20.8. The van der Waals surface area contributed by atoms with Crippen molar-refractivity contribution in [3.63, 3.8) is 0 Å². The smallest absolute Gasteiger partial charge is 0.266 e. The van der Waals surface area contributed by atoms with Crippen LogP contribution in [0.4, 0.5) is 5.69 Å². The average molecular weight is 434 g/mol. The van der Waals surface area contributed by atoms with Gasteiger partial charge in [0.1, 0.15) is 10.6 Å². The Morgan fingerprint density at radius 3 is 2.58 bits per heavy atom. The molecular weight excluding hydrogens is 410 g/mol. The highest BCUT2D eigenvalue weighted by molar-refractivity contribution is 7.20. The number of thiophene rings is 1. The molecule has 2 aromatic heterocycles. The summed E-state index contributed by atoms with van der Waals surface area (Å²) in [5, 5.41) is 3.40. The predicted octanol–water partition coefficient (Wildman–Crippen LogP) is 4.66. The average Bonchev–Trinajstić information content (AvgIpc) is 3.13. The van der Waals surface area contributed by atoms with Gasteiger partial charge in [-0.2, -0.15) is 0 Å². The van der Waals surface area contributed by atoms with E-state index >= 15 is 0 Å². The number of fused-ring (bicyclic) bond motifs is 1. The Morgan fingerprint density at radius 1 is 1.13 bits per heavy atom. The summed E-state index contributed by atoms with van der Waals surface area (Å²) in [5.74, 6) is 0.499. The zero-order valence-electron chi connectivity index (χ0n) is 17.4. The highest BCUT2D eigenvalue weighted by atomic mass is 32.1. The molecule has 0 spiro atoms. The molecule has 158 valence electrons. The predicted molar refractivity (Wildman–Crippen MR) is 124 cm³/mol. The maximum Gasteiger partial charge on any atom is 0.266 e. The summed E-state index contributed by atoms with van der Waals surface area (Å²) in [6, 6.07) is 17.2. The molecule has 0 radical (unpaired) electrons. The van der Waals surface area contributed by atoms with E-state index in [1.165, 1.54) is 11.3 Å². The largest absolute Gasteiger partial charge is 0.494 e. The van der Waals surface area contributed by atoms with Crippen LogP contribution in [-0.4, -0.2) is 22.1 Å². The number of hydrogen-bond donors (Lipinski definition) is 1. The van der Waals surface area contributed by atoms with E-state index in [0.717, 1.165) is 17.7 Å². The topological polar surface area (TPSA) is 73.2 Å². The quantitative estimate of drug-likeness (QED) is 0.460. The molecule has 4 aromatic rings. The van der Waals surface area contributed by atoms with Gasteiger partial charge >= 0.3 is 0 Å². The lowest BCUT2D eigenvalue weighted by Gasteiger charge is -2.07. The van der Waals surface area contributed by atoms with Crippen molar-refractivity contribution in [1.29, 1.82) is 0 Å². The molecule has 1 amide bonds. The van der Waals surface area contributed by atoms with Gasteiger partial charge in [-0.1, -0.05) is 30.3 Å². The van der Waals surface area contributed by atoms with Gasteiger partial charge in [-0.25, -0.2) is 4.98 Å². The van der Waals surface area contributed by atoms with Gasteiger partial charge in [0.05, 0.1) is 23.2 Å². The third kappa shape index (κ3) is 4.51. The van der Waals surface area contributed by atoms with E-state index < -0.39 is 0 Å². The molecule has 0 aliphatic carbocycles. The van der Waals surface area contributed by atoms with Crippen LogP contribution in [0, 0.1) is 6.92 Å². The van der Waals surface area contributed by atoms with Crippen molar-refractivity contribution in [3.8, 4) is 5.75 Å². The van der Waals surface area contributed by atoms with Gasteiger partial charge in [0.25, 0.3) is 11.5 Å². The van der Waals surface area contributed by atoms with E-state index in [-0.39, 0.29) is 11.5 Å². The molecule has 2 aromatic carbocycles. The van der Waals surface area contributed by atoms with Gasteiger partial charge in [-0.05, 0) is 55.7 Å². The number of hydrogen-bond acceptors (Lipinski definition) is 5. The molecule has 31 heavy (non-hydrogen) atoms. The number of carbonyl (C=O) groups is 1. The molecule has 0 atom stereocenters. The third-order valence-electron chi connectivity index (χ3n) is 5.03. The maximum absolute atomic E-state index is 13.0. The number of aryl methyl sites for hydroxylation is 3. The van der Waals surface area contributed by atoms with E-state index in [1.54, 1.807) is 30.0 Å². The van der Waals surface area contributed by atoms with Crippen molar-refractivity contribution in [2.45, 2.75) is 26.8 Å². The molecular formula is C24H23N3O3S. The molecule has 0 unspecified atom stereocenters. The monoisotopic (exact) mass is 433 g/mol. The first-order valence-corrected chi connectivity index (χ1v) is 10.9. The molecule has 6 nitrogen and oxygen atoms in total. The second-order valence-electron chi connectivity index (χ2n) is 7.13. The lowest BCUT2D eigenvalue weighted by atomic mass is 10.1. The van der Waals surface area contributed by atoms with Crippen molar-refractivity contribution < 1.29 is 9.53 Å². The standard InChI is InChI=1S/C24H23N3O3S/c1-3-30-19-11-9-18(10-12-19)26-22(28)21-16(2)20-23(31-21)25-15-27(24(20)29)14-13-17-7-5-4-6-8-17/h4-12,15H,3,13-14H2,1-2H3,(H,26,28). The lowest BCUT2D eigenvalue weighted by Crippen LogP contribution is -2.21. The number of benzene rings is 2. The molecule has 0 bridgehead atoms. The molecule has 4 rings (SSSR count). The molecule has 0 fully saturated rings. The van der Waals surface area contributed by atoms with Crippen LogP contribution < -0.4 is 15.6 Å². The summed E-state index contributed by atoms with van der Waals surface area (Å²) >= 11 is 1.24. The molecule has 0 aliphatic rings. The van der Waals surface area contributed by atoms with Crippen molar-refractivity contribution >= 4 is 33.1 Å². The third-order valence-corrected chi connectivity index (χ3v) is 6.23. The van der Waals surface area contributed by atoms with Crippen LogP contribution in [0.25, 0.3) is 10.2 Å². The Labute approximate surface area is 184 Å². The lowest BCUT2D eigenvalue weighted by molar-refractivity contribution is 0.103. The Hall–Kier alpha value is -3.45. The normalized spacial score (nSPS) is 10.9. The number of rotatable bonds is 7. The highest BCUT2D eigenvalue weighted by Gasteiger charge is 2.19.